The highest BCUT2D eigenvalue weighted by atomic mass is 16.5. The Morgan fingerprint density at radius 3 is 1.84 bits per heavy atom. The molecule has 0 saturated carbocycles. The van der Waals surface area contributed by atoms with Crippen molar-refractivity contribution in [3.05, 3.63) is 198 Å². The van der Waals surface area contributed by atoms with Crippen LogP contribution in [-0.4, -0.2) is 0 Å². The lowest BCUT2D eigenvalue weighted by Crippen LogP contribution is -2.32. The summed E-state index contributed by atoms with van der Waals surface area (Å²) in [5.74, 6) is 1.79. The van der Waals surface area contributed by atoms with Crippen LogP contribution < -0.4 is 9.64 Å². The zero-order chi connectivity index (χ0) is 32.8. The Labute approximate surface area is 289 Å². The standard InChI is InChI=1S/C47H29NO2/c1-2-13-31(14-3-1)48(33-23-25-36-35-16-6-9-19-42(35)49-45(36)29-33)32-24-27-38-37(28-32)46-34-15-5-4-12-30(34)22-26-41(46)47(38)39-17-7-10-20-43(39)50-44-21-11-8-18-40(44)47/h1-29H. The van der Waals surface area contributed by atoms with Gasteiger partial charge in [0.05, 0.1) is 5.41 Å². The Kier molecular flexibility index (Phi) is 5.59. The third-order valence-corrected chi connectivity index (χ3v) is 10.7. The predicted molar refractivity (Wildman–Crippen MR) is 203 cm³/mol. The van der Waals surface area contributed by atoms with Gasteiger partial charge in [-0.3, -0.25) is 0 Å². The van der Waals surface area contributed by atoms with Crippen molar-refractivity contribution in [2.24, 2.45) is 0 Å². The molecule has 3 nitrogen and oxygen atoms in total. The quantitative estimate of drug-likeness (QED) is 0.192. The number of nitrogens with zero attached hydrogens (tertiary/aromatic N) is 1. The van der Waals surface area contributed by atoms with Gasteiger partial charge in [0.1, 0.15) is 22.7 Å². The van der Waals surface area contributed by atoms with Crippen LogP contribution in [0.3, 0.4) is 0 Å². The molecule has 0 saturated heterocycles. The van der Waals surface area contributed by atoms with Crippen LogP contribution in [0.2, 0.25) is 0 Å². The van der Waals surface area contributed by atoms with Crippen molar-refractivity contribution in [1.82, 2.24) is 0 Å². The van der Waals surface area contributed by atoms with Crippen molar-refractivity contribution in [3.8, 4) is 22.6 Å². The summed E-state index contributed by atoms with van der Waals surface area (Å²) in [6.07, 6.45) is 0. The Balaban J connectivity index is 1.21. The average Bonchev–Trinajstić information content (AvgIpc) is 3.69. The maximum atomic E-state index is 6.60. The Bertz CT molecular complexity index is 2770. The molecule has 0 N–H and O–H groups in total. The van der Waals surface area contributed by atoms with Gasteiger partial charge in [-0.25, -0.2) is 0 Å². The second-order valence-electron chi connectivity index (χ2n) is 13.2. The molecule has 0 atom stereocenters. The summed E-state index contributed by atoms with van der Waals surface area (Å²) in [5.41, 5.74) is 11.8. The minimum atomic E-state index is -0.538. The van der Waals surface area contributed by atoms with Crippen LogP contribution in [0.1, 0.15) is 22.3 Å². The molecule has 9 aromatic rings. The van der Waals surface area contributed by atoms with Crippen molar-refractivity contribution in [3.63, 3.8) is 0 Å². The van der Waals surface area contributed by atoms with E-state index in [1.807, 2.05) is 12.1 Å². The Hall–Kier alpha value is -6.58. The van der Waals surface area contributed by atoms with Gasteiger partial charge in [-0.2, -0.15) is 0 Å². The summed E-state index contributed by atoms with van der Waals surface area (Å²) in [7, 11) is 0. The molecule has 2 aliphatic rings. The third-order valence-electron chi connectivity index (χ3n) is 10.7. The van der Waals surface area contributed by atoms with Crippen LogP contribution in [0.25, 0.3) is 43.8 Å². The molecular weight excluding hydrogens is 611 g/mol. The molecule has 1 aliphatic carbocycles. The highest BCUT2D eigenvalue weighted by Crippen LogP contribution is 2.63. The number of furan rings is 1. The molecule has 3 heteroatoms. The lowest BCUT2D eigenvalue weighted by molar-refractivity contribution is 0.436. The van der Waals surface area contributed by atoms with E-state index in [4.69, 9.17) is 9.15 Å². The number of anilines is 3. The van der Waals surface area contributed by atoms with Crippen molar-refractivity contribution < 1.29 is 9.15 Å². The van der Waals surface area contributed by atoms with Crippen LogP contribution in [-0.2, 0) is 5.41 Å². The second kappa shape index (κ2) is 10.2. The second-order valence-corrected chi connectivity index (χ2v) is 13.2. The molecule has 1 spiro atoms. The van der Waals surface area contributed by atoms with E-state index in [2.05, 4.69) is 169 Å². The molecule has 50 heavy (non-hydrogen) atoms. The molecule has 2 heterocycles. The van der Waals surface area contributed by atoms with Gasteiger partial charge < -0.3 is 14.1 Å². The SMILES string of the molecule is c1ccc(N(c2ccc3c(c2)-c2c(ccc4ccccc24)C32c3ccccc3Oc3ccccc32)c2ccc3c(c2)oc2ccccc23)cc1. The normalized spacial score (nSPS) is 13.5. The average molecular weight is 640 g/mol. The first-order chi connectivity index (χ1) is 24.8. The number of ether oxygens (including phenoxy) is 1. The van der Waals surface area contributed by atoms with Gasteiger partial charge in [0.25, 0.3) is 0 Å². The van der Waals surface area contributed by atoms with Gasteiger partial charge in [0.15, 0.2) is 0 Å². The highest BCUT2D eigenvalue weighted by molar-refractivity contribution is 6.07. The van der Waals surface area contributed by atoms with Gasteiger partial charge in [-0.15, -0.1) is 0 Å². The first-order valence-electron chi connectivity index (χ1n) is 17.1. The molecule has 234 valence electrons. The lowest BCUT2D eigenvalue weighted by Gasteiger charge is -2.39. The van der Waals surface area contributed by atoms with Gasteiger partial charge >= 0.3 is 0 Å². The van der Waals surface area contributed by atoms with Gasteiger partial charge in [0, 0.05) is 45.0 Å². The van der Waals surface area contributed by atoms with E-state index in [0.717, 1.165) is 61.6 Å². The highest BCUT2D eigenvalue weighted by Gasteiger charge is 2.51. The van der Waals surface area contributed by atoms with Crippen LogP contribution in [0, 0.1) is 0 Å². The summed E-state index contributed by atoms with van der Waals surface area (Å²) in [6, 6.07) is 63.0. The Morgan fingerprint density at radius 1 is 0.400 bits per heavy atom. The molecular formula is C47H29NO2. The van der Waals surface area contributed by atoms with E-state index in [9.17, 15) is 0 Å². The monoisotopic (exact) mass is 639 g/mol. The Morgan fingerprint density at radius 2 is 1.02 bits per heavy atom. The fraction of sp³-hybridized carbons (Fsp3) is 0.0213. The first-order valence-corrected chi connectivity index (χ1v) is 17.1. The van der Waals surface area contributed by atoms with Gasteiger partial charge in [-0.05, 0) is 87.6 Å². The predicted octanol–water partition coefficient (Wildman–Crippen LogP) is 12.7. The van der Waals surface area contributed by atoms with Crippen LogP contribution in [0.5, 0.6) is 11.5 Å². The number of benzene rings is 8. The molecule has 0 bridgehead atoms. The van der Waals surface area contributed by atoms with E-state index >= 15 is 0 Å². The summed E-state index contributed by atoms with van der Waals surface area (Å²) in [4.78, 5) is 2.34. The summed E-state index contributed by atoms with van der Waals surface area (Å²) >= 11 is 0. The van der Waals surface area contributed by atoms with Crippen LogP contribution in [0.4, 0.5) is 17.1 Å². The molecule has 0 unspecified atom stereocenters. The number of rotatable bonds is 3. The van der Waals surface area contributed by atoms with Gasteiger partial charge in [-0.1, -0.05) is 115 Å². The van der Waals surface area contributed by atoms with E-state index in [1.54, 1.807) is 0 Å². The minimum absolute atomic E-state index is 0.538. The molecule has 0 amide bonds. The van der Waals surface area contributed by atoms with Gasteiger partial charge in [0.2, 0.25) is 0 Å². The maximum Gasteiger partial charge on any atom is 0.137 e. The molecule has 1 aromatic heterocycles. The van der Waals surface area contributed by atoms with E-state index in [1.165, 1.54) is 33.0 Å². The molecule has 11 rings (SSSR count). The maximum absolute atomic E-state index is 6.60. The van der Waals surface area contributed by atoms with E-state index in [-0.39, 0.29) is 0 Å². The first kappa shape index (κ1) is 27.4. The zero-order valence-electron chi connectivity index (χ0n) is 27.0. The third kappa shape index (κ3) is 3.64. The fourth-order valence-corrected chi connectivity index (χ4v) is 8.68. The summed E-state index contributed by atoms with van der Waals surface area (Å²) in [6.45, 7) is 0. The van der Waals surface area contributed by atoms with E-state index < -0.39 is 5.41 Å². The zero-order valence-corrected chi connectivity index (χ0v) is 27.0. The van der Waals surface area contributed by atoms with Crippen molar-refractivity contribution in [2.75, 3.05) is 4.90 Å². The lowest BCUT2D eigenvalue weighted by atomic mass is 9.66. The van der Waals surface area contributed by atoms with Crippen molar-refractivity contribution >= 4 is 49.8 Å². The number of hydrogen-bond donors (Lipinski definition) is 0. The summed E-state index contributed by atoms with van der Waals surface area (Å²) < 4.78 is 13.0. The fourth-order valence-electron chi connectivity index (χ4n) is 8.68. The minimum Gasteiger partial charge on any atom is -0.457 e. The summed E-state index contributed by atoms with van der Waals surface area (Å²) in [5, 5.41) is 4.72. The van der Waals surface area contributed by atoms with Crippen molar-refractivity contribution in [2.45, 2.75) is 5.41 Å². The van der Waals surface area contributed by atoms with E-state index in [0.29, 0.717) is 0 Å². The van der Waals surface area contributed by atoms with Crippen LogP contribution >= 0.6 is 0 Å². The molecule has 1 aliphatic heterocycles. The van der Waals surface area contributed by atoms with Crippen LogP contribution in [0.15, 0.2) is 180 Å². The van der Waals surface area contributed by atoms with Crippen molar-refractivity contribution in [1.29, 1.82) is 0 Å². The number of fused-ring (bicyclic) bond motifs is 14. The number of hydrogen-bond acceptors (Lipinski definition) is 3. The molecule has 8 aromatic carbocycles. The topological polar surface area (TPSA) is 25.6 Å². The molecule has 0 fully saturated rings. The number of para-hydroxylation sites is 4. The molecule has 0 radical (unpaired) electrons. The smallest absolute Gasteiger partial charge is 0.137 e. The largest absolute Gasteiger partial charge is 0.457 e.